The molecule has 0 aliphatic carbocycles. The molecule has 2 aromatic rings. The lowest BCUT2D eigenvalue weighted by Crippen LogP contribution is -2.29. The second kappa shape index (κ2) is 11.3. The molecule has 3 rings (SSSR count). The van der Waals surface area contributed by atoms with E-state index in [1.165, 1.54) is 0 Å². The lowest BCUT2D eigenvalue weighted by Gasteiger charge is -2.25. The third-order valence-corrected chi connectivity index (χ3v) is 5.62. The molecule has 1 aromatic heterocycles. The molecule has 0 spiro atoms. The summed E-state index contributed by atoms with van der Waals surface area (Å²) in [4.78, 5) is 25.5. The molecule has 1 N–H and O–H groups in total. The van der Waals surface area contributed by atoms with Gasteiger partial charge in [-0.25, -0.2) is 4.79 Å². The van der Waals surface area contributed by atoms with Gasteiger partial charge in [0.05, 0.1) is 36.2 Å². The lowest BCUT2D eigenvalue weighted by molar-refractivity contribution is 0.0304. The summed E-state index contributed by atoms with van der Waals surface area (Å²) in [5.74, 6) is 0.139. The minimum absolute atomic E-state index is 0.0720. The Bertz CT molecular complexity index is 967. The highest BCUT2D eigenvalue weighted by Crippen LogP contribution is 2.25. The molecule has 0 unspecified atom stereocenters. The van der Waals surface area contributed by atoms with Crippen LogP contribution in [0.2, 0.25) is 0 Å². The Balaban J connectivity index is 1.76. The monoisotopic (exact) mass is 457 g/mol. The van der Waals surface area contributed by atoms with Crippen LogP contribution in [0.5, 0.6) is 5.75 Å². The number of fused-ring (bicyclic) bond motifs is 1. The van der Waals surface area contributed by atoms with Crippen molar-refractivity contribution < 1.29 is 23.8 Å². The second-order valence-corrected chi connectivity index (χ2v) is 9.08. The van der Waals surface area contributed by atoms with Crippen molar-refractivity contribution in [3.05, 3.63) is 46.8 Å². The maximum atomic E-state index is 12.9. The predicted molar refractivity (Wildman–Crippen MR) is 125 cm³/mol. The van der Waals surface area contributed by atoms with E-state index in [4.69, 9.17) is 19.3 Å². The zero-order valence-electron chi connectivity index (χ0n) is 20.1. The molecule has 0 bridgehead atoms. The summed E-state index contributed by atoms with van der Waals surface area (Å²) in [6.07, 6.45) is 2.99. The topological polar surface area (TPSA) is 91.7 Å². The molecule has 0 saturated heterocycles. The number of rotatable bonds is 7. The number of aromatic nitrogens is 2. The van der Waals surface area contributed by atoms with Crippen LogP contribution in [0.3, 0.4) is 0 Å². The molecule has 1 aliphatic heterocycles. The Morgan fingerprint density at radius 2 is 2.06 bits per heavy atom. The average Bonchev–Trinajstić information content (AvgIpc) is 3.13. The highest BCUT2D eigenvalue weighted by molar-refractivity contribution is 5.96. The van der Waals surface area contributed by atoms with Gasteiger partial charge in [-0.2, -0.15) is 5.10 Å². The quantitative estimate of drug-likeness (QED) is 0.641. The van der Waals surface area contributed by atoms with Crippen LogP contribution in [0.15, 0.2) is 24.3 Å². The number of aryl methyl sites for hydroxylation is 1. The van der Waals surface area contributed by atoms with Gasteiger partial charge in [-0.1, -0.05) is 26.8 Å². The van der Waals surface area contributed by atoms with E-state index in [1.807, 2.05) is 25.5 Å². The van der Waals surface area contributed by atoms with E-state index in [0.717, 1.165) is 24.2 Å². The van der Waals surface area contributed by atoms with E-state index >= 15 is 0 Å². The van der Waals surface area contributed by atoms with Crippen LogP contribution in [-0.2, 0) is 28.9 Å². The van der Waals surface area contributed by atoms with E-state index in [0.29, 0.717) is 56.0 Å². The molecule has 1 amide bonds. The number of amides is 1. The van der Waals surface area contributed by atoms with Crippen LogP contribution in [0.1, 0.15) is 65.7 Å². The van der Waals surface area contributed by atoms with Crippen molar-refractivity contribution in [2.45, 2.75) is 53.0 Å². The van der Waals surface area contributed by atoms with E-state index in [2.05, 4.69) is 5.32 Å². The van der Waals surface area contributed by atoms with Gasteiger partial charge < -0.3 is 19.5 Å². The normalized spacial score (nSPS) is 15.2. The van der Waals surface area contributed by atoms with Crippen LogP contribution in [0.4, 0.5) is 0 Å². The van der Waals surface area contributed by atoms with Crippen molar-refractivity contribution >= 4 is 11.9 Å². The number of nitrogens with one attached hydrogen (secondary N) is 1. The first-order chi connectivity index (χ1) is 15.8. The Morgan fingerprint density at radius 3 is 2.82 bits per heavy atom. The van der Waals surface area contributed by atoms with E-state index < -0.39 is 11.4 Å². The van der Waals surface area contributed by atoms with Gasteiger partial charge in [0.25, 0.3) is 5.91 Å². The molecule has 180 valence electrons. The molecular formula is C25H35N3O5. The largest absolute Gasteiger partial charge is 0.497 e. The number of carbonyl (C=O) groups is 2. The maximum absolute atomic E-state index is 12.9. The summed E-state index contributed by atoms with van der Waals surface area (Å²) < 4.78 is 18.4. The van der Waals surface area contributed by atoms with E-state index in [9.17, 15) is 9.59 Å². The van der Waals surface area contributed by atoms with Crippen molar-refractivity contribution in [2.75, 3.05) is 33.5 Å². The molecule has 0 atom stereocenters. The van der Waals surface area contributed by atoms with Gasteiger partial charge in [-0.15, -0.1) is 0 Å². The first-order valence-electron chi connectivity index (χ1n) is 11.6. The summed E-state index contributed by atoms with van der Waals surface area (Å²) in [5.41, 5.74) is 2.46. The molecule has 0 saturated carbocycles. The van der Waals surface area contributed by atoms with Crippen molar-refractivity contribution in [1.29, 1.82) is 0 Å². The van der Waals surface area contributed by atoms with Crippen molar-refractivity contribution in [3.8, 4) is 5.75 Å². The fourth-order valence-electron chi connectivity index (χ4n) is 3.90. The fourth-order valence-corrected chi connectivity index (χ4v) is 3.90. The summed E-state index contributed by atoms with van der Waals surface area (Å²) in [6.45, 7) is 8.69. The first-order valence-corrected chi connectivity index (χ1v) is 11.6. The SMILES string of the molecule is CCc1nn(CC(C)(C)COC(=O)c2cccc(OC)c2)c2c1C(=O)NCCCOCCC2. The fraction of sp³-hybridized carbons (Fsp3) is 0.560. The smallest absolute Gasteiger partial charge is 0.338 e. The molecule has 1 aliphatic rings. The Labute approximate surface area is 195 Å². The molecule has 0 radical (unpaired) electrons. The van der Waals surface area contributed by atoms with Crippen LogP contribution in [0.25, 0.3) is 0 Å². The maximum Gasteiger partial charge on any atom is 0.338 e. The lowest BCUT2D eigenvalue weighted by atomic mass is 9.94. The summed E-state index contributed by atoms with van der Waals surface area (Å²) in [7, 11) is 1.56. The van der Waals surface area contributed by atoms with Crippen molar-refractivity contribution in [1.82, 2.24) is 15.1 Å². The highest BCUT2D eigenvalue weighted by atomic mass is 16.5. The standard InChI is InChI=1S/C25H35N3O5/c1-5-20-22-21(11-7-13-32-14-8-12-26-23(22)29)28(27-20)16-25(2,3)17-33-24(30)18-9-6-10-19(15-18)31-4/h6,9-10,15H,5,7-8,11-14,16-17H2,1-4H3,(H,26,29). The first kappa shape index (κ1) is 24.8. The molecule has 0 fully saturated rings. The summed E-state index contributed by atoms with van der Waals surface area (Å²) in [6, 6.07) is 6.91. The number of carbonyl (C=O) groups excluding carboxylic acids is 2. The third kappa shape index (κ3) is 6.57. The molecule has 8 heteroatoms. The Hall–Kier alpha value is -2.87. The zero-order valence-corrected chi connectivity index (χ0v) is 20.1. The average molecular weight is 458 g/mol. The van der Waals surface area contributed by atoms with Crippen LogP contribution >= 0.6 is 0 Å². The molecule has 33 heavy (non-hydrogen) atoms. The minimum Gasteiger partial charge on any atom is -0.497 e. The number of ether oxygens (including phenoxy) is 3. The molecule has 2 heterocycles. The Kier molecular flexibility index (Phi) is 8.49. The van der Waals surface area contributed by atoms with E-state index in [1.54, 1.807) is 31.4 Å². The van der Waals surface area contributed by atoms with Crippen LogP contribution in [-0.4, -0.2) is 55.1 Å². The van der Waals surface area contributed by atoms with Crippen LogP contribution < -0.4 is 10.1 Å². The van der Waals surface area contributed by atoms with E-state index in [-0.39, 0.29) is 12.5 Å². The zero-order chi connectivity index (χ0) is 23.8. The van der Waals surface area contributed by atoms with Gasteiger partial charge in [0.1, 0.15) is 5.75 Å². The third-order valence-electron chi connectivity index (χ3n) is 5.62. The number of methoxy groups -OCH3 is 1. The molecular weight excluding hydrogens is 422 g/mol. The predicted octanol–water partition coefficient (Wildman–Crippen LogP) is 3.42. The number of hydrogen-bond acceptors (Lipinski definition) is 6. The van der Waals surface area contributed by atoms with Crippen molar-refractivity contribution in [3.63, 3.8) is 0 Å². The van der Waals surface area contributed by atoms with Gasteiger partial charge in [0.15, 0.2) is 0 Å². The van der Waals surface area contributed by atoms with Gasteiger partial charge in [-0.3, -0.25) is 9.48 Å². The van der Waals surface area contributed by atoms with Crippen molar-refractivity contribution in [2.24, 2.45) is 5.41 Å². The summed E-state index contributed by atoms with van der Waals surface area (Å²) in [5, 5.41) is 7.78. The number of nitrogens with zero attached hydrogens (tertiary/aromatic N) is 2. The minimum atomic E-state index is -0.396. The van der Waals surface area contributed by atoms with Gasteiger partial charge in [0.2, 0.25) is 0 Å². The molecule has 8 nitrogen and oxygen atoms in total. The second-order valence-electron chi connectivity index (χ2n) is 9.08. The van der Waals surface area contributed by atoms with Gasteiger partial charge in [-0.05, 0) is 43.9 Å². The van der Waals surface area contributed by atoms with Gasteiger partial charge in [0, 0.05) is 31.7 Å². The van der Waals surface area contributed by atoms with Gasteiger partial charge >= 0.3 is 5.97 Å². The molecule has 1 aromatic carbocycles. The highest BCUT2D eigenvalue weighted by Gasteiger charge is 2.28. The number of esters is 1. The number of benzene rings is 1. The summed E-state index contributed by atoms with van der Waals surface area (Å²) >= 11 is 0. The number of hydrogen-bond donors (Lipinski definition) is 1. The van der Waals surface area contributed by atoms with Crippen LogP contribution in [0, 0.1) is 5.41 Å². The Morgan fingerprint density at radius 1 is 1.27 bits per heavy atom.